The number of morpholine rings is 1. The average Bonchev–Trinajstić information content (AvgIpc) is 2.88. The van der Waals surface area contributed by atoms with Crippen LogP contribution in [0.4, 0.5) is 5.82 Å². The van der Waals surface area contributed by atoms with Gasteiger partial charge in [0.2, 0.25) is 10.0 Å². The van der Waals surface area contributed by atoms with Crippen LogP contribution in [0, 0.1) is 11.3 Å². The zero-order chi connectivity index (χ0) is 23.4. The third-order valence-corrected chi connectivity index (χ3v) is 8.04. The molecule has 10 heteroatoms. The molecule has 2 fully saturated rings. The van der Waals surface area contributed by atoms with Gasteiger partial charge in [0.15, 0.2) is 0 Å². The number of hydrogen-bond acceptors (Lipinski definition) is 7. The molecular formula is C23H27N5O4S. The summed E-state index contributed by atoms with van der Waals surface area (Å²) in [6, 6.07) is 10.6. The summed E-state index contributed by atoms with van der Waals surface area (Å²) in [7, 11) is -3.71. The molecule has 3 heterocycles. The summed E-state index contributed by atoms with van der Waals surface area (Å²) in [5.41, 5.74) is 1.57. The number of piperazine rings is 1. The van der Waals surface area contributed by atoms with Crippen LogP contribution in [0.15, 0.2) is 41.4 Å². The number of ether oxygens (including phenoxy) is 1. The number of carbonyl (C=O) groups excluding carboxylic acids is 1. The van der Waals surface area contributed by atoms with E-state index in [-0.39, 0.29) is 10.8 Å². The van der Waals surface area contributed by atoms with Crippen LogP contribution in [-0.4, -0.2) is 81.0 Å². The number of aryl methyl sites for hydroxylation is 1. The first-order valence-electron chi connectivity index (χ1n) is 11.1. The first-order chi connectivity index (χ1) is 16.0. The molecule has 1 aromatic carbocycles. The van der Waals surface area contributed by atoms with Crippen molar-refractivity contribution in [1.29, 1.82) is 5.26 Å². The van der Waals surface area contributed by atoms with E-state index in [0.29, 0.717) is 81.4 Å². The Morgan fingerprint density at radius 1 is 1.12 bits per heavy atom. The smallest absolute Gasteiger partial charge is 0.254 e. The summed E-state index contributed by atoms with van der Waals surface area (Å²) in [6.45, 7) is 5.27. The van der Waals surface area contributed by atoms with Gasteiger partial charge in [-0.2, -0.15) is 9.57 Å². The zero-order valence-electron chi connectivity index (χ0n) is 18.6. The number of nitrogens with zero attached hydrogens (tertiary/aromatic N) is 5. The number of aromatic nitrogens is 1. The minimum Gasteiger partial charge on any atom is -0.379 e. The van der Waals surface area contributed by atoms with Crippen molar-refractivity contribution in [2.75, 3.05) is 57.4 Å². The summed E-state index contributed by atoms with van der Waals surface area (Å²) in [4.78, 5) is 21.5. The van der Waals surface area contributed by atoms with Crippen molar-refractivity contribution in [3.63, 3.8) is 0 Å². The summed E-state index contributed by atoms with van der Waals surface area (Å²) < 4.78 is 33.3. The third kappa shape index (κ3) is 4.71. The Balaban J connectivity index is 1.52. The lowest BCUT2D eigenvalue weighted by Crippen LogP contribution is -2.49. The number of amides is 1. The predicted octanol–water partition coefficient (Wildman–Crippen LogP) is 1.50. The van der Waals surface area contributed by atoms with E-state index in [1.807, 2.05) is 11.8 Å². The van der Waals surface area contributed by atoms with E-state index in [1.54, 1.807) is 35.4 Å². The van der Waals surface area contributed by atoms with Gasteiger partial charge < -0.3 is 14.5 Å². The van der Waals surface area contributed by atoms with Gasteiger partial charge in [0.1, 0.15) is 11.9 Å². The Kier molecular flexibility index (Phi) is 6.93. The highest BCUT2D eigenvalue weighted by Gasteiger charge is 2.30. The molecular weight excluding hydrogens is 442 g/mol. The number of hydrogen-bond donors (Lipinski definition) is 0. The van der Waals surface area contributed by atoms with Crippen molar-refractivity contribution in [2.24, 2.45) is 0 Å². The molecule has 9 nitrogen and oxygen atoms in total. The molecule has 0 saturated carbocycles. The van der Waals surface area contributed by atoms with E-state index in [9.17, 15) is 18.5 Å². The molecule has 0 spiro atoms. The van der Waals surface area contributed by atoms with Gasteiger partial charge in [-0.25, -0.2) is 13.4 Å². The fraction of sp³-hybridized carbons (Fsp3) is 0.435. The number of rotatable bonds is 5. The Hall–Kier alpha value is -3.00. The number of sulfonamides is 1. The van der Waals surface area contributed by atoms with Gasteiger partial charge in [-0.15, -0.1) is 0 Å². The lowest BCUT2D eigenvalue weighted by atomic mass is 10.1. The van der Waals surface area contributed by atoms with E-state index >= 15 is 0 Å². The molecule has 2 aromatic rings. The first kappa shape index (κ1) is 23.2. The largest absolute Gasteiger partial charge is 0.379 e. The van der Waals surface area contributed by atoms with Crippen LogP contribution >= 0.6 is 0 Å². The van der Waals surface area contributed by atoms with E-state index in [1.165, 1.54) is 10.4 Å². The topological polar surface area (TPSA) is 107 Å². The summed E-state index contributed by atoms with van der Waals surface area (Å²) >= 11 is 0. The van der Waals surface area contributed by atoms with Crippen molar-refractivity contribution < 1.29 is 17.9 Å². The molecule has 174 valence electrons. The highest BCUT2D eigenvalue weighted by Crippen LogP contribution is 2.25. The number of benzene rings is 1. The molecule has 0 bridgehead atoms. The van der Waals surface area contributed by atoms with Crippen molar-refractivity contribution in [1.82, 2.24) is 14.2 Å². The lowest BCUT2D eigenvalue weighted by Gasteiger charge is -2.35. The summed E-state index contributed by atoms with van der Waals surface area (Å²) in [5, 5.41) is 9.33. The van der Waals surface area contributed by atoms with Gasteiger partial charge in [-0.1, -0.05) is 13.0 Å². The van der Waals surface area contributed by atoms with Gasteiger partial charge in [0.05, 0.1) is 23.7 Å². The van der Waals surface area contributed by atoms with Crippen molar-refractivity contribution in [3.8, 4) is 6.07 Å². The quantitative estimate of drug-likeness (QED) is 0.653. The minimum atomic E-state index is -3.71. The van der Waals surface area contributed by atoms with Gasteiger partial charge in [-0.05, 0) is 36.2 Å². The second-order valence-corrected chi connectivity index (χ2v) is 9.86. The maximum atomic E-state index is 13.3. The second-order valence-electron chi connectivity index (χ2n) is 7.96. The lowest BCUT2D eigenvalue weighted by molar-refractivity contribution is 0.0729. The normalized spacial score (nSPS) is 17.6. The highest BCUT2D eigenvalue weighted by molar-refractivity contribution is 7.89. The second kappa shape index (κ2) is 9.87. The molecule has 4 rings (SSSR count). The van der Waals surface area contributed by atoms with Crippen molar-refractivity contribution in [3.05, 3.63) is 53.2 Å². The van der Waals surface area contributed by atoms with Crippen molar-refractivity contribution in [2.45, 2.75) is 18.2 Å². The monoisotopic (exact) mass is 469 g/mol. The Morgan fingerprint density at radius 3 is 2.52 bits per heavy atom. The molecule has 2 aliphatic rings. The van der Waals surface area contributed by atoms with Gasteiger partial charge in [0.25, 0.3) is 5.91 Å². The molecule has 0 unspecified atom stereocenters. The number of anilines is 1. The van der Waals surface area contributed by atoms with Crippen LogP contribution < -0.4 is 4.90 Å². The molecule has 2 saturated heterocycles. The maximum absolute atomic E-state index is 13.3. The number of pyridine rings is 1. The number of carbonyl (C=O) groups is 1. The molecule has 1 aromatic heterocycles. The maximum Gasteiger partial charge on any atom is 0.254 e. The minimum absolute atomic E-state index is 0.197. The highest BCUT2D eigenvalue weighted by atomic mass is 32.2. The van der Waals surface area contributed by atoms with Gasteiger partial charge in [-0.3, -0.25) is 4.79 Å². The van der Waals surface area contributed by atoms with E-state index in [4.69, 9.17) is 4.74 Å². The average molecular weight is 470 g/mol. The molecule has 2 aliphatic heterocycles. The Bertz CT molecular complexity index is 1160. The van der Waals surface area contributed by atoms with Crippen LogP contribution in [-0.2, 0) is 21.2 Å². The van der Waals surface area contributed by atoms with Crippen LogP contribution in [0.3, 0.4) is 0 Å². The van der Waals surface area contributed by atoms with Gasteiger partial charge >= 0.3 is 0 Å². The van der Waals surface area contributed by atoms with Crippen LogP contribution in [0.1, 0.15) is 28.4 Å². The zero-order valence-corrected chi connectivity index (χ0v) is 19.4. The Labute approximate surface area is 194 Å². The fourth-order valence-corrected chi connectivity index (χ4v) is 5.91. The molecule has 0 N–H and O–H groups in total. The SMILES string of the molecule is CCc1ccc(C(=O)N2CCN(c3ncccc3C#N)CC2)cc1S(=O)(=O)N1CCOCC1. The van der Waals surface area contributed by atoms with E-state index in [2.05, 4.69) is 11.1 Å². The fourth-order valence-electron chi connectivity index (χ4n) is 4.19. The summed E-state index contributed by atoms with van der Waals surface area (Å²) in [5.74, 6) is 0.426. The van der Waals surface area contributed by atoms with E-state index in [0.717, 1.165) is 0 Å². The first-order valence-corrected chi connectivity index (χ1v) is 12.5. The molecule has 33 heavy (non-hydrogen) atoms. The van der Waals surface area contributed by atoms with E-state index < -0.39 is 10.0 Å². The predicted molar refractivity (Wildman–Crippen MR) is 122 cm³/mol. The van der Waals surface area contributed by atoms with Gasteiger partial charge in [0, 0.05) is 51.0 Å². The molecule has 0 radical (unpaired) electrons. The van der Waals surface area contributed by atoms with Crippen molar-refractivity contribution >= 4 is 21.7 Å². The third-order valence-electron chi connectivity index (χ3n) is 6.06. The summed E-state index contributed by atoms with van der Waals surface area (Å²) in [6.07, 6.45) is 2.21. The van der Waals surface area contributed by atoms with Crippen LogP contribution in [0.25, 0.3) is 0 Å². The molecule has 1 amide bonds. The number of nitriles is 1. The van der Waals surface area contributed by atoms with Crippen LogP contribution in [0.5, 0.6) is 0 Å². The van der Waals surface area contributed by atoms with Crippen LogP contribution in [0.2, 0.25) is 0 Å². The standard InChI is InChI=1S/C23H27N5O4S/c1-2-18-5-6-19(16-21(18)33(30,31)28-12-14-32-15-13-28)23(29)27-10-8-26(9-11-27)22-20(17-24)4-3-7-25-22/h3-7,16H,2,8-15H2,1H3. The molecule has 0 atom stereocenters. The molecule has 0 aliphatic carbocycles. The Morgan fingerprint density at radius 2 is 1.85 bits per heavy atom.